The lowest BCUT2D eigenvalue weighted by molar-refractivity contribution is -0.127. The average Bonchev–Trinajstić information content (AvgIpc) is 2.78. The van der Waals surface area contributed by atoms with Gasteiger partial charge >= 0.3 is 0 Å². The summed E-state index contributed by atoms with van der Waals surface area (Å²) < 4.78 is 11.3. The molecular formula is C22H31N3O3S. The number of thiol groups is 1. The maximum Gasteiger partial charge on any atom is 0.224 e. The normalized spacial score (nSPS) is 23.7. The summed E-state index contributed by atoms with van der Waals surface area (Å²) in [5, 5.41) is 11.5. The van der Waals surface area contributed by atoms with Crippen molar-refractivity contribution in [1.82, 2.24) is 10.2 Å². The van der Waals surface area contributed by atoms with E-state index in [2.05, 4.69) is 22.3 Å². The zero-order valence-electron chi connectivity index (χ0n) is 16.9. The number of nitrogens with one attached hydrogen (secondary N) is 1. The van der Waals surface area contributed by atoms with Gasteiger partial charge in [0.25, 0.3) is 0 Å². The van der Waals surface area contributed by atoms with Gasteiger partial charge in [0.15, 0.2) is 0 Å². The highest BCUT2D eigenvalue weighted by atomic mass is 32.1. The van der Waals surface area contributed by atoms with Gasteiger partial charge in [0.05, 0.1) is 19.3 Å². The van der Waals surface area contributed by atoms with Gasteiger partial charge in [-0.1, -0.05) is 25.0 Å². The van der Waals surface area contributed by atoms with E-state index in [0.29, 0.717) is 6.61 Å². The third-order valence-corrected chi connectivity index (χ3v) is 6.59. The van der Waals surface area contributed by atoms with E-state index in [1.807, 2.05) is 18.2 Å². The molecule has 1 aliphatic heterocycles. The lowest BCUT2D eigenvalue weighted by Crippen LogP contribution is -2.38. The van der Waals surface area contributed by atoms with E-state index in [0.717, 1.165) is 69.8 Å². The van der Waals surface area contributed by atoms with Crippen molar-refractivity contribution in [2.75, 3.05) is 46.0 Å². The van der Waals surface area contributed by atoms with Crippen molar-refractivity contribution >= 4 is 18.5 Å². The maximum absolute atomic E-state index is 12.5. The first-order valence-corrected chi connectivity index (χ1v) is 11.1. The first-order valence-electron chi connectivity index (χ1n) is 10.5. The van der Waals surface area contributed by atoms with Crippen LogP contribution >= 0.6 is 12.6 Å². The quantitative estimate of drug-likeness (QED) is 0.503. The highest BCUT2D eigenvalue weighted by Crippen LogP contribution is 2.42. The van der Waals surface area contributed by atoms with E-state index < -0.39 is 0 Å². The molecule has 6 nitrogen and oxygen atoms in total. The molecule has 3 rings (SSSR count). The Labute approximate surface area is 179 Å². The van der Waals surface area contributed by atoms with Crippen molar-refractivity contribution in [2.45, 2.75) is 30.9 Å². The summed E-state index contributed by atoms with van der Waals surface area (Å²) in [4.78, 5) is 14.8. The van der Waals surface area contributed by atoms with Crippen LogP contribution in [0.15, 0.2) is 24.3 Å². The number of nitriles is 1. The number of ether oxygens (including phenoxy) is 2. The highest BCUT2D eigenvalue weighted by molar-refractivity contribution is 7.80. The number of carbonyl (C=O) groups excluding carboxylic acids is 1. The molecule has 3 atom stereocenters. The number of nitrogens with zero attached hydrogens (tertiary/aromatic N) is 2. The molecule has 1 aliphatic carbocycles. The molecule has 0 aromatic heterocycles. The molecular weight excluding hydrogens is 386 g/mol. The summed E-state index contributed by atoms with van der Waals surface area (Å²) in [5.74, 6) is 0.941. The molecule has 1 amide bonds. The average molecular weight is 418 g/mol. The van der Waals surface area contributed by atoms with E-state index in [9.17, 15) is 4.79 Å². The maximum atomic E-state index is 12.5. The van der Waals surface area contributed by atoms with E-state index in [-0.39, 0.29) is 29.5 Å². The predicted molar refractivity (Wildman–Crippen MR) is 115 cm³/mol. The Morgan fingerprint density at radius 1 is 1.28 bits per heavy atom. The first kappa shape index (κ1) is 21.9. The summed E-state index contributed by atoms with van der Waals surface area (Å²) in [5.41, 5.74) is 1.11. The van der Waals surface area contributed by atoms with Crippen LogP contribution in [-0.2, 0) is 9.53 Å². The van der Waals surface area contributed by atoms with Crippen LogP contribution in [0, 0.1) is 23.2 Å². The minimum absolute atomic E-state index is 0.00413. The van der Waals surface area contributed by atoms with Crippen molar-refractivity contribution < 1.29 is 14.3 Å². The van der Waals surface area contributed by atoms with Gasteiger partial charge in [0, 0.05) is 30.8 Å². The fourth-order valence-electron chi connectivity index (χ4n) is 4.25. The van der Waals surface area contributed by atoms with E-state index in [1.165, 1.54) is 0 Å². The fourth-order valence-corrected chi connectivity index (χ4v) is 4.78. The van der Waals surface area contributed by atoms with E-state index in [4.69, 9.17) is 27.4 Å². The van der Waals surface area contributed by atoms with Gasteiger partial charge in [-0.25, -0.2) is 0 Å². The van der Waals surface area contributed by atoms with Gasteiger partial charge in [-0.2, -0.15) is 17.9 Å². The molecule has 158 valence electrons. The molecule has 7 heteroatoms. The van der Waals surface area contributed by atoms with Crippen molar-refractivity contribution in [3.05, 3.63) is 29.8 Å². The topological polar surface area (TPSA) is 74.6 Å². The van der Waals surface area contributed by atoms with Gasteiger partial charge in [-0.05, 0) is 36.5 Å². The second-order valence-electron chi connectivity index (χ2n) is 7.75. The van der Waals surface area contributed by atoms with Crippen LogP contribution in [0.3, 0.4) is 0 Å². The molecule has 0 radical (unpaired) electrons. The van der Waals surface area contributed by atoms with Crippen LogP contribution < -0.4 is 10.1 Å². The molecule has 1 unspecified atom stereocenters. The van der Waals surface area contributed by atoms with Gasteiger partial charge in [0.2, 0.25) is 5.91 Å². The third kappa shape index (κ3) is 6.36. The minimum atomic E-state index is -0.0796. The molecule has 1 saturated carbocycles. The molecule has 1 N–H and O–H groups in total. The van der Waals surface area contributed by atoms with Gasteiger partial charge in [-0.3, -0.25) is 9.69 Å². The van der Waals surface area contributed by atoms with Crippen molar-refractivity contribution in [1.29, 1.82) is 5.26 Å². The van der Waals surface area contributed by atoms with Crippen molar-refractivity contribution in [2.24, 2.45) is 11.8 Å². The molecule has 2 fully saturated rings. The van der Waals surface area contributed by atoms with Crippen LogP contribution in [0.4, 0.5) is 0 Å². The number of rotatable bonds is 8. The number of amides is 1. The number of hydrogen-bond donors (Lipinski definition) is 2. The summed E-state index contributed by atoms with van der Waals surface area (Å²) in [6.45, 7) is 5.16. The summed E-state index contributed by atoms with van der Waals surface area (Å²) in [6, 6.07) is 10.1. The molecule has 1 saturated heterocycles. The summed E-state index contributed by atoms with van der Waals surface area (Å²) >= 11 is 4.88. The lowest BCUT2D eigenvalue weighted by atomic mass is 9.75. The standard InChI is InChI=1S/C22H31N3O3S/c23-9-10-24-22(26)20-4-2-1-3-19(20)21(29)17-5-7-18(8-6-17)28-16-13-25-11-14-27-15-12-25/h5-8,19-21,29H,1-4,10-16H2,(H,24,26)/t19-,20-,21?/m0/s1. The second-order valence-corrected chi connectivity index (χ2v) is 8.30. The van der Waals surface area contributed by atoms with Crippen molar-refractivity contribution in [3.63, 3.8) is 0 Å². The molecule has 2 aliphatic rings. The Morgan fingerprint density at radius 2 is 2.00 bits per heavy atom. The monoisotopic (exact) mass is 417 g/mol. The second kappa shape index (κ2) is 11.4. The molecule has 29 heavy (non-hydrogen) atoms. The SMILES string of the molecule is N#CCNC(=O)[C@H]1CCCC[C@@H]1C(S)c1ccc(OCCN2CCOCC2)cc1. The molecule has 0 bridgehead atoms. The Morgan fingerprint density at radius 3 is 2.72 bits per heavy atom. The molecule has 1 heterocycles. The Hall–Kier alpha value is -1.75. The third-order valence-electron chi connectivity index (χ3n) is 5.90. The number of morpholine rings is 1. The lowest BCUT2D eigenvalue weighted by Gasteiger charge is -2.34. The minimum Gasteiger partial charge on any atom is -0.492 e. The summed E-state index contributed by atoms with van der Waals surface area (Å²) in [7, 11) is 0. The Balaban J connectivity index is 1.53. The number of benzene rings is 1. The fraction of sp³-hybridized carbons (Fsp3) is 0.636. The van der Waals surface area contributed by atoms with Crippen LogP contribution in [0.25, 0.3) is 0 Å². The van der Waals surface area contributed by atoms with Crippen LogP contribution in [-0.4, -0.2) is 56.8 Å². The van der Waals surface area contributed by atoms with E-state index >= 15 is 0 Å². The van der Waals surface area contributed by atoms with Crippen LogP contribution in [0.2, 0.25) is 0 Å². The summed E-state index contributed by atoms with van der Waals surface area (Å²) in [6.07, 6.45) is 4.02. The molecule has 0 spiro atoms. The van der Waals surface area contributed by atoms with Gasteiger partial charge in [-0.15, -0.1) is 0 Å². The number of hydrogen-bond acceptors (Lipinski definition) is 6. The van der Waals surface area contributed by atoms with E-state index in [1.54, 1.807) is 0 Å². The highest BCUT2D eigenvalue weighted by Gasteiger charge is 2.35. The van der Waals surface area contributed by atoms with Crippen LogP contribution in [0.1, 0.15) is 36.5 Å². The largest absolute Gasteiger partial charge is 0.492 e. The molecule has 1 aromatic carbocycles. The number of carbonyl (C=O) groups is 1. The van der Waals surface area contributed by atoms with Crippen LogP contribution in [0.5, 0.6) is 5.75 Å². The Bertz CT molecular complexity index is 686. The van der Waals surface area contributed by atoms with Crippen molar-refractivity contribution in [3.8, 4) is 11.8 Å². The zero-order chi connectivity index (χ0) is 20.5. The zero-order valence-corrected chi connectivity index (χ0v) is 17.8. The Kier molecular flexibility index (Phi) is 8.66. The van der Waals surface area contributed by atoms with Gasteiger partial charge in [0.1, 0.15) is 18.9 Å². The predicted octanol–water partition coefficient (Wildman–Crippen LogP) is 2.81. The van der Waals surface area contributed by atoms with Gasteiger partial charge < -0.3 is 14.8 Å². The first-order chi connectivity index (χ1) is 14.2. The molecule has 1 aromatic rings. The smallest absolute Gasteiger partial charge is 0.224 e.